The second kappa shape index (κ2) is 8.69. The lowest BCUT2D eigenvalue weighted by Gasteiger charge is -2.16. The van der Waals surface area contributed by atoms with Crippen molar-refractivity contribution in [1.29, 1.82) is 0 Å². The molecular formula is C15H24S. The van der Waals surface area contributed by atoms with Crippen LogP contribution in [0.15, 0.2) is 30.3 Å². The van der Waals surface area contributed by atoms with E-state index in [4.69, 9.17) is 0 Å². The van der Waals surface area contributed by atoms with E-state index in [0.29, 0.717) is 5.25 Å². The average Bonchev–Trinajstić information content (AvgIpc) is 2.35. The Kier molecular flexibility index (Phi) is 7.41. The summed E-state index contributed by atoms with van der Waals surface area (Å²) in [4.78, 5) is 0. The van der Waals surface area contributed by atoms with Gasteiger partial charge in [-0.3, -0.25) is 0 Å². The van der Waals surface area contributed by atoms with E-state index in [1.54, 1.807) is 0 Å². The number of hydrogen-bond donors (Lipinski definition) is 0. The van der Waals surface area contributed by atoms with Gasteiger partial charge in [0.15, 0.2) is 0 Å². The average molecular weight is 236 g/mol. The minimum absolute atomic E-state index is 0.715. The van der Waals surface area contributed by atoms with E-state index in [1.807, 2.05) is 0 Å². The van der Waals surface area contributed by atoms with Gasteiger partial charge in [0.1, 0.15) is 0 Å². The van der Waals surface area contributed by atoms with Crippen LogP contribution in [-0.4, -0.2) is 5.75 Å². The summed E-state index contributed by atoms with van der Waals surface area (Å²) in [6.45, 7) is 4.54. The zero-order valence-electron chi connectivity index (χ0n) is 10.6. The topological polar surface area (TPSA) is 0 Å². The lowest BCUT2D eigenvalue weighted by Crippen LogP contribution is -1.95. The third kappa shape index (κ3) is 5.07. The molecule has 0 bridgehead atoms. The molecular weight excluding hydrogens is 212 g/mol. The second-order valence-electron chi connectivity index (χ2n) is 4.27. The number of thioether (sulfide) groups is 1. The monoisotopic (exact) mass is 236 g/mol. The minimum Gasteiger partial charge on any atom is -0.154 e. The quantitative estimate of drug-likeness (QED) is 0.541. The Bertz CT molecular complexity index is 255. The zero-order valence-corrected chi connectivity index (χ0v) is 11.4. The van der Waals surface area contributed by atoms with Crippen LogP contribution in [0.3, 0.4) is 0 Å². The maximum atomic E-state index is 2.28. The number of rotatable bonds is 8. The Labute approximate surface area is 105 Å². The van der Waals surface area contributed by atoms with Crippen LogP contribution < -0.4 is 0 Å². The molecule has 0 aliphatic heterocycles. The third-order valence-corrected chi connectivity index (χ3v) is 4.24. The Morgan fingerprint density at radius 2 is 1.69 bits per heavy atom. The molecule has 0 nitrogen and oxygen atoms in total. The maximum Gasteiger partial charge on any atom is 0.0297 e. The highest BCUT2D eigenvalue weighted by Crippen LogP contribution is 2.33. The molecule has 0 amide bonds. The van der Waals surface area contributed by atoms with Crippen LogP contribution in [-0.2, 0) is 0 Å². The van der Waals surface area contributed by atoms with Crippen LogP contribution >= 0.6 is 11.8 Å². The normalized spacial score (nSPS) is 12.6. The van der Waals surface area contributed by atoms with Crippen LogP contribution in [0.1, 0.15) is 56.8 Å². The number of benzene rings is 1. The Balaban J connectivity index is 2.49. The molecule has 0 aliphatic rings. The highest BCUT2D eigenvalue weighted by atomic mass is 32.2. The fourth-order valence-corrected chi connectivity index (χ4v) is 3.20. The summed E-state index contributed by atoms with van der Waals surface area (Å²) in [5.74, 6) is 1.31. The van der Waals surface area contributed by atoms with E-state index in [2.05, 4.69) is 55.9 Å². The smallest absolute Gasteiger partial charge is 0.0297 e. The number of unbranched alkanes of at least 4 members (excludes halogenated alkanes) is 2. The molecule has 16 heavy (non-hydrogen) atoms. The van der Waals surface area contributed by atoms with Gasteiger partial charge in [0.25, 0.3) is 0 Å². The lowest BCUT2D eigenvalue weighted by atomic mass is 10.1. The summed E-state index contributed by atoms with van der Waals surface area (Å²) in [6.07, 6.45) is 6.63. The molecule has 1 aromatic carbocycles. The lowest BCUT2D eigenvalue weighted by molar-refractivity contribution is 0.705. The highest BCUT2D eigenvalue weighted by Gasteiger charge is 2.10. The van der Waals surface area contributed by atoms with Gasteiger partial charge in [0, 0.05) is 5.25 Å². The van der Waals surface area contributed by atoms with E-state index in [-0.39, 0.29) is 0 Å². The molecule has 0 spiro atoms. The van der Waals surface area contributed by atoms with Crippen molar-refractivity contribution in [2.24, 2.45) is 0 Å². The summed E-state index contributed by atoms with van der Waals surface area (Å²) in [5.41, 5.74) is 1.51. The van der Waals surface area contributed by atoms with Crippen molar-refractivity contribution < 1.29 is 0 Å². The molecule has 0 aromatic heterocycles. The summed E-state index contributed by atoms with van der Waals surface area (Å²) >= 11 is 2.14. The first-order chi connectivity index (χ1) is 7.88. The van der Waals surface area contributed by atoms with Crippen LogP contribution in [0.2, 0.25) is 0 Å². The van der Waals surface area contributed by atoms with Crippen molar-refractivity contribution in [1.82, 2.24) is 0 Å². The summed E-state index contributed by atoms with van der Waals surface area (Å²) in [7, 11) is 0. The standard InChI is InChI=1S/C15H24S/c1-3-5-12-15(16-13-6-4-2)14-10-8-7-9-11-14/h7-11,15H,3-6,12-13H2,1-2H3. The second-order valence-corrected chi connectivity index (χ2v) is 5.58. The van der Waals surface area contributed by atoms with Gasteiger partial charge in [-0.25, -0.2) is 0 Å². The minimum atomic E-state index is 0.715. The van der Waals surface area contributed by atoms with Gasteiger partial charge < -0.3 is 0 Å². The summed E-state index contributed by atoms with van der Waals surface area (Å²) in [6, 6.07) is 11.0. The van der Waals surface area contributed by atoms with Crippen molar-refractivity contribution >= 4 is 11.8 Å². The van der Waals surface area contributed by atoms with Crippen LogP contribution in [0.4, 0.5) is 0 Å². The molecule has 0 aliphatic carbocycles. The van der Waals surface area contributed by atoms with Crippen molar-refractivity contribution in [3.05, 3.63) is 35.9 Å². The largest absolute Gasteiger partial charge is 0.154 e. The Morgan fingerprint density at radius 1 is 1.00 bits per heavy atom. The van der Waals surface area contributed by atoms with Crippen LogP contribution in [0.5, 0.6) is 0 Å². The Hall–Kier alpha value is -0.430. The van der Waals surface area contributed by atoms with Gasteiger partial charge in [-0.05, 0) is 24.2 Å². The molecule has 0 fully saturated rings. The van der Waals surface area contributed by atoms with E-state index < -0.39 is 0 Å². The fourth-order valence-electron chi connectivity index (χ4n) is 1.77. The first-order valence-corrected chi connectivity index (χ1v) is 7.59. The van der Waals surface area contributed by atoms with E-state index in [1.165, 1.54) is 43.4 Å². The molecule has 0 saturated carbocycles. The molecule has 0 N–H and O–H groups in total. The highest BCUT2D eigenvalue weighted by molar-refractivity contribution is 7.99. The molecule has 90 valence electrons. The van der Waals surface area contributed by atoms with Gasteiger partial charge >= 0.3 is 0 Å². The van der Waals surface area contributed by atoms with Crippen molar-refractivity contribution in [3.63, 3.8) is 0 Å². The van der Waals surface area contributed by atoms with Crippen molar-refractivity contribution in [2.45, 2.75) is 51.2 Å². The van der Waals surface area contributed by atoms with Crippen molar-refractivity contribution in [2.75, 3.05) is 5.75 Å². The first kappa shape index (κ1) is 13.6. The van der Waals surface area contributed by atoms with Gasteiger partial charge in [0.05, 0.1) is 0 Å². The van der Waals surface area contributed by atoms with E-state index in [9.17, 15) is 0 Å². The molecule has 1 heteroatoms. The predicted molar refractivity (Wildman–Crippen MR) is 76.1 cm³/mol. The van der Waals surface area contributed by atoms with Crippen LogP contribution in [0, 0.1) is 0 Å². The summed E-state index contributed by atoms with van der Waals surface area (Å²) < 4.78 is 0. The molecule has 0 heterocycles. The zero-order chi connectivity index (χ0) is 11.6. The van der Waals surface area contributed by atoms with E-state index in [0.717, 1.165) is 0 Å². The maximum absolute atomic E-state index is 2.28. The summed E-state index contributed by atoms with van der Waals surface area (Å²) in [5, 5.41) is 0.715. The SMILES string of the molecule is CCCCSC(CCCC)c1ccccc1. The molecule has 1 atom stereocenters. The molecule has 1 unspecified atom stereocenters. The van der Waals surface area contributed by atoms with Crippen molar-refractivity contribution in [3.8, 4) is 0 Å². The van der Waals surface area contributed by atoms with Gasteiger partial charge in [-0.2, -0.15) is 11.8 Å². The molecule has 1 rings (SSSR count). The van der Waals surface area contributed by atoms with Gasteiger partial charge in [-0.15, -0.1) is 0 Å². The van der Waals surface area contributed by atoms with Gasteiger partial charge in [0.2, 0.25) is 0 Å². The van der Waals surface area contributed by atoms with Crippen LogP contribution in [0.25, 0.3) is 0 Å². The van der Waals surface area contributed by atoms with Gasteiger partial charge in [-0.1, -0.05) is 63.4 Å². The van der Waals surface area contributed by atoms with E-state index >= 15 is 0 Å². The fraction of sp³-hybridized carbons (Fsp3) is 0.600. The Morgan fingerprint density at radius 3 is 2.31 bits per heavy atom. The molecule has 0 saturated heterocycles. The molecule has 0 radical (unpaired) electrons. The first-order valence-electron chi connectivity index (χ1n) is 6.55. The molecule has 1 aromatic rings. The number of hydrogen-bond acceptors (Lipinski definition) is 1. The third-order valence-electron chi connectivity index (χ3n) is 2.81. The predicted octanol–water partition coefficient (Wildman–Crippen LogP) is 5.45.